The average Bonchev–Trinajstić information content (AvgIpc) is 2.14. The van der Waals surface area contributed by atoms with E-state index < -0.39 is 0 Å². The molecule has 0 bridgehead atoms. The Kier molecular flexibility index (Phi) is 18.4. The van der Waals surface area contributed by atoms with Gasteiger partial charge in [-0.25, -0.2) is 39.9 Å². The minimum absolute atomic E-state index is 0.171. The smallest absolute Gasteiger partial charge is 0.235 e. The molecule has 28 aromatic rings. The van der Waals surface area contributed by atoms with Gasteiger partial charge in [0.1, 0.15) is 11.2 Å². The third-order valence-electron chi connectivity index (χ3n) is 30.8. The Hall–Kier alpha value is -18.2. The topological polar surface area (TPSA) is 136 Å². The Labute approximate surface area is 837 Å². The summed E-state index contributed by atoms with van der Waals surface area (Å²) in [7, 11) is 0. The molecular weight excluding hydrogens is 1790 g/mol. The normalized spacial score (nSPS) is 13.5. The Morgan fingerprint density at radius 1 is 0.207 bits per heavy atom. The molecule has 13 nitrogen and oxygen atoms in total. The fourth-order valence-corrected chi connectivity index (χ4v) is 24.9. The molecule has 19 aromatic carbocycles. The van der Waals surface area contributed by atoms with Crippen molar-refractivity contribution in [3.8, 4) is 114 Å². The molecule has 0 saturated carbocycles. The molecule has 684 valence electrons. The second-order valence-corrected chi connectivity index (χ2v) is 41.1. The summed E-state index contributed by atoms with van der Waals surface area (Å²) in [5.41, 5.74) is 31.9. The van der Waals surface area contributed by atoms with Crippen molar-refractivity contribution < 1.29 is 4.42 Å². The van der Waals surface area contributed by atoms with E-state index in [-0.39, 0.29) is 16.2 Å². The van der Waals surface area contributed by atoms with Crippen LogP contribution in [0.25, 0.3) is 254 Å². The van der Waals surface area contributed by atoms with Crippen LogP contribution in [0.3, 0.4) is 0 Å². The molecule has 0 amide bonds. The van der Waals surface area contributed by atoms with E-state index in [9.17, 15) is 0 Å². The van der Waals surface area contributed by atoms with Crippen molar-refractivity contribution in [3.63, 3.8) is 0 Å². The minimum atomic E-state index is -0.273. The molecule has 145 heavy (non-hydrogen) atoms. The zero-order valence-electron chi connectivity index (χ0n) is 80.1. The molecular formula is C131H88N12OS. The van der Waals surface area contributed by atoms with Gasteiger partial charge in [0.2, 0.25) is 5.95 Å². The van der Waals surface area contributed by atoms with Crippen molar-refractivity contribution in [1.82, 2.24) is 58.1 Å². The minimum Gasteiger partial charge on any atom is -0.456 e. The van der Waals surface area contributed by atoms with Crippen LogP contribution in [0.1, 0.15) is 74.9 Å². The summed E-state index contributed by atoms with van der Waals surface area (Å²) < 4.78 is 18.8. The molecule has 31 rings (SSSR count). The number of hydrogen-bond donors (Lipinski definition) is 0. The van der Waals surface area contributed by atoms with Crippen molar-refractivity contribution in [1.29, 1.82) is 0 Å². The van der Waals surface area contributed by atoms with Crippen molar-refractivity contribution in [2.75, 3.05) is 0 Å². The molecule has 0 unspecified atom stereocenters. The van der Waals surface area contributed by atoms with Gasteiger partial charge in [-0.2, -0.15) is 0 Å². The summed E-state index contributed by atoms with van der Waals surface area (Å²) in [6, 6.07) is 150. The number of thiophene rings is 1. The van der Waals surface area contributed by atoms with Crippen LogP contribution in [0.4, 0.5) is 0 Å². The molecule has 3 aliphatic rings. The molecule has 0 spiro atoms. The van der Waals surface area contributed by atoms with E-state index in [0.717, 1.165) is 94.6 Å². The predicted octanol–water partition coefficient (Wildman–Crippen LogP) is 33.3. The number of para-hydroxylation sites is 5. The van der Waals surface area contributed by atoms with Crippen LogP contribution in [-0.4, -0.2) is 58.1 Å². The van der Waals surface area contributed by atoms with Gasteiger partial charge in [0, 0.05) is 129 Å². The molecule has 0 atom stereocenters. The zero-order valence-corrected chi connectivity index (χ0v) is 80.9. The maximum Gasteiger partial charge on any atom is 0.235 e. The SMILES string of the molecule is CC1(C)c2cc(-c3nc(-c4ccccc4)nc(-c4ccccc4)n3)ccc2-n2c3c1cccc3c1ccc3oc4ccccc4c3c12.CC1(C)c2cc(-c3nc(-c4ccccc4)nc(-c4ccccc4)n3)ccc2-n2c3c1cccc3c1ccc3sc4ccccc4c3c12.CC1(C)c2cc3ccccc3cc2-n2c3c1cccc3c1ccc3c(c4ccccc4n3-c3nc(-c4ccccc4)cc(-c4ccccc4)n3)c12. The Balaban J connectivity index is 0.000000103. The highest BCUT2D eigenvalue weighted by atomic mass is 32.1. The number of nitrogens with zero attached hydrogens (tertiary/aromatic N) is 12. The fourth-order valence-electron chi connectivity index (χ4n) is 23.8. The van der Waals surface area contributed by atoms with E-state index in [0.29, 0.717) is 40.9 Å². The first-order valence-corrected chi connectivity index (χ1v) is 50.3. The Morgan fingerprint density at radius 3 is 1.06 bits per heavy atom. The largest absolute Gasteiger partial charge is 0.456 e. The summed E-state index contributed by atoms with van der Waals surface area (Å²) >= 11 is 1.87. The Morgan fingerprint density at radius 2 is 0.572 bits per heavy atom. The van der Waals surface area contributed by atoms with E-state index in [4.69, 9.17) is 44.3 Å². The molecule has 0 saturated heterocycles. The third-order valence-corrected chi connectivity index (χ3v) is 31.9. The number of aromatic nitrogens is 12. The van der Waals surface area contributed by atoms with E-state index in [1.807, 2.05) is 127 Å². The number of fused-ring (bicyclic) bond motifs is 28. The van der Waals surface area contributed by atoms with Gasteiger partial charge in [-0.3, -0.25) is 4.57 Å². The monoisotopic (exact) mass is 1880 g/mol. The lowest BCUT2D eigenvalue weighted by Gasteiger charge is -2.35. The van der Waals surface area contributed by atoms with Crippen LogP contribution in [-0.2, 0) is 16.2 Å². The maximum absolute atomic E-state index is 6.37. The summed E-state index contributed by atoms with van der Waals surface area (Å²) in [5, 5.41) is 17.4. The van der Waals surface area contributed by atoms with E-state index in [1.54, 1.807) is 0 Å². The number of furan rings is 1. The highest BCUT2D eigenvalue weighted by Gasteiger charge is 2.41. The van der Waals surface area contributed by atoms with Crippen LogP contribution in [0.5, 0.6) is 0 Å². The molecule has 0 radical (unpaired) electrons. The molecule has 12 heterocycles. The first-order valence-electron chi connectivity index (χ1n) is 49.5. The lowest BCUT2D eigenvalue weighted by Crippen LogP contribution is -2.26. The highest BCUT2D eigenvalue weighted by Crippen LogP contribution is 2.56. The first kappa shape index (κ1) is 83.7. The summed E-state index contributed by atoms with van der Waals surface area (Å²) in [4.78, 5) is 40.6. The van der Waals surface area contributed by atoms with Crippen molar-refractivity contribution in [3.05, 3.63) is 458 Å². The number of hydrogen-bond acceptors (Lipinski definition) is 10. The van der Waals surface area contributed by atoms with Crippen molar-refractivity contribution >= 4 is 151 Å². The van der Waals surface area contributed by atoms with Crippen LogP contribution >= 0.6 is 11.3 Å². The van der Waals surface area contributed by atoms with Gasteiger partial charge in [0.25, 0.3) is 0 Å². The maximum atomic E-state index is 6.37. The lowest BCUT2D eigenvalue weighted by atomic mass is 9.74. The van der Waals surface area contributed by atoms with Crippen LogP contribution in [0, 0.1) is 0 Å². The van der Waals surface area contributed by atoms with Crippen LogP contribution < -0.4 is 0 Å². The van der Waals surface area contributed by atoms with E-state index in [2.05, 4.69) is 369 Å². The fraction of sp³-hybridized carbons (Fsp3) is 0.0687. The van der Waals surface area contributed by atoms with Gasteiger partial charge >= 0.3 is 0 Å². The van der Waals surface area contributed by atoms with Gasteiger partial charge in [0.05, 0.1) is 78.0 Å². The van der Waals surface area contributed by atoms with Gasteiger partial charge in [-0.1, -0.05) is 369 Å². The summed E-state index contributed by atoms with van der Waals surface area (Å²) in [6.45, 7) is 14.1. The summed E-state index contributed by atoms with van der Waals surface area (Å²) in [6.07, 6.45) is 0. The van der Waals surface area contributed by atoms with Gasteiger partial charge in [-0.15, -0.1) is 11.3 Å². The summed E-state index contributed by atoms with van der Waals surface area (Å²) in [5.74, 6) is 4.63. The highest BCUT2D eigenvalue weighted by molar-refractivity contribution is 7.26. The second-order valence-electron chi connectivity index (χ2n) is 40.0. The predicted molar refractivity (Wildman–Crippen MR) is 597 cm³/mol. The van der Waals surface area contributed by atoms with Crippen molar-refractivity contribution in [2.45, 2.75) is 57.8 Å². The van der Waals surface area contributed by atoms with Gasteiger partial charge in [0.15, 0.2) is 34.9 Å². The first-order chi connectivity index (χ1) is 71.2. The zero-order chi connectivity index (χ0) is 96.4. The molecule has 9 aromatic heterocycles. The third kappa shape index (κ3) is 12.7. The average molecular weight is 1880 g/mol. The molecule has 0 N–H and O–H groups in total. The van der Waals surface area contributed by atoms with Gasteiger partial charge < -0.3 is 18.1 Å². The van der Waals surface area contributed by atoms with Crippen LogP contribution in [0.2, 0.25) is 0 Å². The number of rotatable bonds is 9. The Bertz CT molecular complexity index is 9750. The molecule has 0 aliphatic carbocycles. The van der Waals surface area contributed by atoms with Gasteiger partial charge in [-0.05, 0) is 141 Å². The standard InChI is InChI=1S/C47H32N4.C42H28N4O.C42H28N4S/c1-47(2)36-22-13-21-33-34-24-25-41-43(45(34)51(44(33)36)42-27-32-19-10-9-18-31(32)26-37(42)47)35-20-11-12-23-40(35)50(41)46-48-38(29-14-5-3-6-15-29)28-39(49-46)30-16-7-4-8-17-30;2*1-42(2)31-18-11-17-28-29-21-23-35-36(30-16-9-10-19-34(30)47-35)38(29)46(37(28)31)33-22-20-27(24-32(33)42)41-44-39(25-12-5-3-6-13-25)43-40(45-41)26-14-7-4-8-15-26/h3-28H,1-2H3;2*3-24H,1-2H3. The molecule has 3 aliphatic heterocycles. The molecule has 0 fully saturated rings. The quantitative estimate of drug-likeness (QED) is 0.138. The van der Waals surface area contributed by atoms with Crippen molar-refractivity contribution in [2.24, 2.45) is 0 Å². The van der Waals surface area contributed by atoms with Crippen LogP contribution in [0.15, 0.2) is 429 Å². The second kappa shape index (κ2) is 31.9. The number of benzene rings is 19. The van der Waals surface area contributed by atoms with E-state index >= 15 is 0 Å². The molecule has 14 heteroatoms. The lowest BCUT2D eigenvalue weighted by molar-refractivity contribution is 0.630. The van der Waals surface area contributed by atoms with E-state index in [1.165, 1.54) is 152 Å².